The van der Waals surface area contributed by atoms with Crippen LogP contribution in [0.5, 0.6) is 0 Å². The lowest BCUT2D eigenvalue weighted by Crippen LogP contribution is -2.00. The van der Waals surface area contributed by atoms with Crippen LogP contribution in [0.4, 0.5) is 0 Å². The van der Waals surface area contributed by atoms with Crippen LogP contribution < -0.4 is 0 Å². The SMILES string of the molecule is O=C(O)Cc1coc(Cc2cccs2)n1. The van der Waals surface area contributed by atoms with Crippen LogP contribution in [-0.2, 0) is 17.6 Å². The number of carbonyl (C=O) groups is 1. The second-order valence-electron chi connectivity index (χ2n) is 3.06. The molecule has 2 rings (SSSR count). The van der Waals surface area contributed by atoms with E-state index in [0.29, 0.717) is 18.0 Å². The minimum absolute atomic E-state index is 0.0893. The predicted molar refractivity (Wildman–Crippen MR) is 55.0 cm³/mol. The van der Waals surface area contributed by atoms with Crippen LogP contribution in [0.3, 0.4) is 0 Å². The van der Waals surface area contributed by atoms with Crippen LogP contribution in [0.2, 0.25) is 0 Å². The van der Waals surface area contributed by atoms with Gasteiger partial charge in [-0.05, 0) is 11.4 Å². The monoisotopic (exact) mass is 223 g/mol. The van der Waals surface area contributed by atoms with Crippen LogP contribution in [0, 0.1) is 0 Å². The zero-order valence-corrected chi connectivity index (χ0v) is 8.66. The molecule has 2 heterocycles. The summed E-state index contributed by atoms with van der Waals surface area (Å²) >= 11 is 1.62. The molecule has 5 heteroatoms. The Hall–Kier alpha value is -1.62. The van der Waals surface area contributed by atoms with E-state index in [4.69, 9.17) is 9.52 Å². The lowest BCUT2D eigenvalue weighted by molar-refractivity contribution is -0.136. The summed E-state index contributed by atoms with van der Waals surface area (Å²) in [6.45, 7) is 0. The Morgan fingerprint density at radius 1 is 1.60 bits per heavy atom. The van der Waals surface area contributed by atoms with Crippen molar-refractivity contribution in [3.8, 4) is 0 Å². The van der Waals surface area contributed by atoms with E-state index in [0.717, 1.165) is 4.88 Å². The highest BCUT2D eigenvalue weighted by molar-refractivity contribution is 7.09. The molecule has 0 unspecified atom stereocenters. The van der Waals surface area contributed by atoms with E-state index in [1.165, 1.54) is 6.26 Å². The van der Waals surface area contributed by atoms with Gasteiger partial charge < -0.3 is 9.52 Å². The molecule has 0 bridgehead atoms. The molecule has 15 heavy (non-hydrogen) atoms. The Morgan fingerprint density at radius 3 is 3.13 bits per heavy atom. The Labute approximate surface area is 90.2 Å². The smallest absolute Gasteiger partial charge is 0.309 e. The Balaban J connectivity index is 2.04. The van der Waals surface area contributed by atoms with Gasteiger partial charge in [0.1, 0.15) is 6.26 Å². The van der Waals surface area contributed by atoms with Gasteiger partial charge in [-0.3, -0.25) is 4.79 Å². The van der Waals surface area contributed by atoms with E-state index >= 15 is 0 Å². The number of hydrogen-bond donors (Lipinski definition) is 1. The average molecular weight is 223 g/mol. The first kappa shape index (κ1) is 9.92. The molecule has 0 aliphatic carbocycles. The predicted octanol–water partition coefficient (Wildman–Crippen LogP) is 1.95. The number of rotatable bonds is 4. The van der Waals surface area contributed by atoms with Crippen molar-refractivity contribution in [2.24, 2.45) is 0 Å². The van der Waals surface area contributed by atoms with Gasteiger partial charge in [-0.25, -0.2) is 4.98 Å². The first-order chi connectivity index (χ1) is 7.24. The normalized spacial score (nSPS) is 10.4. The van der Waals surface area contributed by atoms with Gasteiger partial charge in [0.2, 0.25) is 0 Å². The lowest BCUT2D eigenvalue weighted by Gasteiger charge is -1.89. The van der Waals surface area contributed by atoms with Crippen molar-refractivity contribution < 1.29 is 14.3 Å². The number of carboxylic acids is 1. The number of carboxylic acid groups (broad SMARTS) is 1. The molecule has 0 saturated heterocycles. The van der Waals surface area contributed by atoms with Gasteiger partial charge in [-0.2, -0.15) is 0 Å². The van der Waals surface area contributed by atoms with E-state index in [9.17, 15) is 4.79 Å². The fraction of sp³-hybridized carbons (Fsp3) is 0.200. The molecular formula is C10H9NO3S. The zero-order chi connectivity index (χ0) is 10.7. The van der Waals surface area contributed by atoms with E-state index in [-0.39, 0.29) is 6.42 Å². The van der Waals surface area contributed by atoms with E-state index in [2.05, 4.69) is 4.98 Å². The summed E-state index contributed by atoms with van der Waals surface area (Å²) in [5.74, 6) is -0.334. The second-order valence-corrected chi connectivity index (χ2v) is 4.09. The minimum atomic E-state index is -0.897. The summed E-state index contributed by atoms with van der Waals surface area (Å²) in [4.78, 5) is 15.7. The molecule has 2 aromatic rings. The quantitative estimate of drug-likeness (QED) is 0.860. The van der Waals surface area contributed by atoms with Crippen LogP contribution in [0.25, 0.3) is 0 Å². The van der Waals surface area contributed by atoms with Gasteiger partial charge in [0.05, 0.1) is 18.5 Å². The standard InChI is InChI=1S/C10H9NO3S/c12-10(13)4-7-6-14-9(11-7)5-8-2-1-3-15-8/h1-3,6H,4-5H2,(H,12,13). The number of hydrogen-bond acceptors (Lipinski definition) is 4. The van der Waals surface area contributed by atoms with Crippen LogP contribution in [-0.4, -0.2) is 16.1 Å². The summed E-state index contributed by atoms with van der Waals surface area (Å²) in [5.41, 5.74) is 0.467. The molecule has 78 valence electrons. The fourth-order valence-electron chi connectivity index (χ4n) is 1.23. The third kappa shape index (κ3) is 2.66. The molecule has 0 aromatic carbocycles. The largest absolute Gasteiger partial charge is 0.481 e. The summed E-state index contributed by atoms with van der Waals surface area (Å²) in [7, 11) is 0. The Morgan fingerprint density at radius 2 is 2.47 bits per heavy atom. The van der Waals surface area contributed by atoms with Crippen molar-refractivity contribution in [3.63, 3.8) is 0 Å². The lowest BCUT2D eigenvalue weighted by atomic mass is 10.3. The van der Waals surface area contributed by atoms with Gasteiger partial charge in [0, 0.05) is 4.88 Å². The second kappa shape index (κ2) is 4.27. The number of nitrogens with zero attached hydrogens (tertiary/aromatic N) is 1. The van der Waals surface area contributed by atoms with E-state index in [1.807, 2.05) is 17.5 Å². The zero-order valence-electron chi connectivity index (χ0n) is 7.84. The number of aliphatic carboxylic acids is 1. The molecule has 4 nitrogen and oxygen atoms in total. The molecule has 1 N–H and O–H groups in total. The van der Waals surface area contributed by atoms with Crippen LogP contribution in [0.15, 0.2) is 28.2 Å². The Kier molecular flexibility index (Phi) is 2.82. The molecule has 0 saturated carbocycles. The van der Waals surface area contributed by atoms with Crippen molar-refractivity contribution in [3.05, 3.63) is 40.2 Å². The molecular weight excluding hydrogens is 214 g/mol. The van der Waals surface area contributed by atoms with Crippen LogP contribution >= 0.6 is 11.3 Å². The van der Waals surface area contributed by atoms with Crippen molar-refractivity contribution >= 4 is 17.3 Å². The first-order valence-corrected chi connectivity index (χ1v) is 5.29. The maximum absolute atomic E-state index is 10.4. The summed E-state index contributed by atoms with van der Waals surface area (Å²) < 4.78 is 5.17. The summed E-state index contributed by atoms with van der Waals surface area (Å²) in [6.07, 6.45) is 1.93. The molecule has 0 aliphatic heterocycles. The van der Waals surface area contributed by atoms with Gasteiger partial charge in [-0.15, -0.1) is 11.3 Å². The van der Waals surface area contributed by atoms with Crippen molar-refractivity contribution in [1.82, 2.24) is 4.98 Å². The maximum atomic E-state index is 10.4. The minimum Gasteiger partial charge on any atom is -0.481 e. The van der Waals surface area contributed by atoms with Crippen molar-refractivity contribution in [2.45, 2.75) is 12.8 Å². The maximum Gasteiger partial charge on any atom is 0.309 e. The fourth-order valence-corrected chi connectivity index (χ4v) is 1.92. The van der Waals surface area contributed by atoms with Crippen LogP contribution in [0.1, 0.15) is 16.5 Å². The topological polar surface area (TPSA) is 63.3 Å². The number of aromatic nitrogens is 1. The van der Waals surface area contributed by atoms with E-state index < -0.39 is 5.97 Å². The molecule has 0 spiro atoms. The first-order valence-electron chi connectivity index (χ1n) is 4.41. The van der Waals surface area contributed by atoms with E-state index in [1.54, 1.807) is 11.3 Å². The third-order valence-electron chi connectivity index (χ3n) is 1.84. The highest BCUT2D eigenvalue weighted by atomic mass is 32.1. The highest BCUT2D eigenvalue weighted by Crippen LogP contribution is 2.14. The molecule has 0 amide bonds. The van der Waals surface area contributed by atoms with Gasteiger partial charge in [0.15, 0.2) is 5.89 Å². The summed E-state index contributed by atoms with van der Waals surface area (Å²) in [6, 6.07) is 3.95. The average Bonchev–Trinajstić information content (AvgIpc) is 2.77. The number of oxazole rings is 1. The van der Waals surface area contributed by atoms with Gasteiger partial charge in [0.25, 0.3) is 0 Å². The molecule has 2 aromatic heterocycles. The Bertz CT molecular complexity index is 447. The number of thiophene rings is 1. The van der Waals surface area contributed by atoms with Gasteiger partial charge >= 0.3 is 5.97 Å². The van der Waals surface area contributed by atoms with Crippen molar-refractivity contribution in [2.75, 3.05) is 0 Å². The molecule has 0 atom stereocenters. The van der Waals surface area contributed by atoms with Gasteiger partial charge in [-0.1, -0.05) is 6.07 Å². The molecule has 0 fully saturated rings. The molecule has 0 radical (unpaired) electrons. The molecule has 0 aliphatic rings. The third-order valence-corrected chi connectivity index (χ3v) is 2.71. The highest BCUT2D eigenvalue weighted by Gasteiger charge is 2.08. The summed E-state index contributed by atoms with van der Waals surface area (Å²) in [5, 5.41) is 10.5. The van der Waals surface area contributed by atoms with Crippen molar-refractivity contribution in [1.29, 1.82) is 0 Å².